The van der Waals surface area contributed by atoms with E-state index in [1.54, 1.807) is 30.3 Å². The van der Waals surface area contributed by atoms with E-state index in [4.69, 9.17) is 9.29 Å². The van der Waals surface area contributed by atoms with Gasteiger partial charge in [-0.15, -0.1) is 4.41 Å². The Hall–Kier alpha value is -2.32. The second kappa shape index (κ2) is 5.55. The molecular formula is C11H10N2O5S. The molecule has 1 aromatic carbocycles. The summed E-state index contributed by atoms with van der Waals surface area (Å²) in [5, 5.41) is 19.0. The number of carbonyl (C=O) groups excluding carboxylic acids is 1. The summed E-state index contributed by atoms with van der Waals surface area (Å²) in [5.41, 5.74) is 0. The molecule has 0 aliphatic rings. The monoisotopic (exact) mass is 282 g/mol. The molecule has 7 nitrogen and oxygen atoms in total. The van der Waals surface area contributed by atoms with E-state index in [1.807, 2.05) is 0 Å². The fraction of sp³-hybridized carbons (Fsp3) is 0. The minimum absolute atomic E-state index is 0.0149. The van der Waals surface area contributed by atoms with Gasteiger partial charge < -0.3 is 19.5 Å². The Balaban J connectivity index is 2.21. The molecule has 0 spiro atoms. The van der Waals surface area contributed by atoms with Crippen LogP contribution in [0.25, 0.3) is 0 Å². The Bertz CT molecular complexity index is 552. The van der Waals surface area contributed by atoms with Crippen molar-refractivity contribution >= 4 is 18.3 Å². The fourth-order valence-corrected chi connectivity index (χ4v) is 1.72. The van der Waals surface area contributed by atoms with E-state index in [-0.39, 0.29) is 18.0 Å². The van der Waals surface area contributed by atoms with Crippen molar-refractivity contribution in [3.05, 3.63) is 42.5 Å². The molecule has 0 aliphatic heterocycles. The summed E-state index contributed by atoms with van der Waals surface area (Å²) in [6.07, 6.45) is -0.986. The van der Waals surface area contributed by atoms with Gasteiger partial charge in [0.25, 0.3) is 0 Å². The van der Waals surface area contributed by atoms with Crippen LogP contribution in [-0.2, 0) is 0 Å². The molecule has 0 radical (unpaired) electrons. The van der Waals surface area contributed by atoms with Crippen molar-refractivity contribution in [2.45, 2.75) is 0 Å². The van der Waals surface area contributed by atoms with Gasteiger partial charge in [-0.05, 0) is 12.1 Å². The zero-order chi connectivity index (χ0) is 13.8. The molecule has 0 bridgehead atoms. The number of aromatic nitrogens is 1. The van der Waals surface area contributed by atoms with Crippen LogP contribution in [0.3, 0.4) is 0 Å². The first kappa shape index (κ1) is 13.1. The van der Waals surface area contributed by atoms with Crippen molar-refractivity contribution in [1.82, 2.24) is 4.68 Å². The molecule has 0 unspecified atom stereocenters. The largest absolute Gasteiger partial charge is 0.493 e. The summed E-state index contributed by atoms with van der Waals surface area (Å²) in [7, 11) is 0. The maximum atomic E-state index is 11.8. The summed E-state index contributed by atoms with van der Waals surface area (Å²) in [4.78, 5) is 11.8. The van der Waals surface area contributed by atoms with Gasteiger partial charge in [-0.25, -0.2) is 4.79 Å². The number of carbonyl (C=O) groups is 1. The van der Waals surface area contributed by atoms with E-state index in [9.17, 15) is 15.0 Å². The Kier molecular flexibility index (Phi) is 3.83. The van der Waals surface area contributed by atoms with Crippen molar-refractivity contribution in [2.75, 3.05) is 4.41 Å². The molecule has 1 amide bonds. The highest BCUT2D eigenvalue weighted by Gasteiger charge is 2.23. The number of benzene rings is 1. The van der Waals surface area contributed by atoms with Crippen molar-refractivity contribution in [2.24, 2.45) is 0 Å². The lowest BCUT2D eigenvalue weighted by Gasteiger charge is -2.19. The molecule has 8 heteroatoms. The normalized spacial score (nSPS) is 10.2. The molecule has 19 heavy (non-hydrogen) atoms. The summed E-state index contributed by atoms with van der Waals surface area (Å²) >= 11 is -0.0149. The van der Waals surface area contributed by atoms with Crippen LogP contribution in [0.5, 0.6) is 17.5 Å². The van der Waals surface area contributed by atoms with Gasteiger partial charge in [0.2, 0.25) is 11.8 Å². The number of para-hydroxylation sites is 1. The number of hydrogen-bond donors (Lipinski definition) is 3. The molecule has 2 aromatic rings. The average Bonchev–Trinajstić information content (AvgIpc) is 2.73. The van der Waals surface area contributed by atoms with Gasteiger partial charge in [-0.2, -0.15) is 4.68 Å². The molecule has 0 saturated heterocycles. The lowest BCUT2D eigenvalue weighted by atomic mass is 10.3. The number of amides is 1. The first-order valence-electron chi connectivity index (χ1n) is 5.12. The molecule has 3 N–H and O–H groups in total. The third kappa shape index (κ3) is 2.75. The van der Waals surface area contributed by atoms with Crippen molar-refractivity contribution in [1.29, 1.82) is 0 Å². The van der Waals surface area contributed by atoms with Gasteiger partial charge in [-0.3, -0.25) is 0 Å². The average molecular weight is 282 g/mol. The van der Waals surface area contributed by atoms with E-state index in [2.05, 4.69) is 0 Å². The van der Waals surface area contributed by atoms with Crippen LogP contribution in [0.2, 0.25) is 0 Å². The quantitative estimate of drug-likeness (QED) is 0.590. The number of hydrogen-bond acceptors (Lipinski definition) is 6. The summed E-state index contributed by atoms with van der Waals surface area (Å²) in [6, 6.07) is 10.5. The van der Waals surface area contributed by atoms with Crippen LogP contribution in [0.1, 0.15) is 0 Å². The van der Waals surface area contributed by atoms with Crippen LogP contribution < -0.4 is 9.15 Å². The Labute approximate surface area is 112 Å². The first-order valence-corrected chi connectivity index (χ1v) is 5.85. The third-order valence-corrected chi connectivity index (χ3v) is 2.65. The van der Waals surface area contributed by atoms with E-state index >= 15 is 0 Å². The SMILES string of the molecule is O=C(Oc1ccccc1)N(SO)n1c(O)ccc1O. The molecule has 0 fully saturated rings. The highest BCUT2D eigenvalue weighted by molar-refractivity contribution is 7.95. The molecule has 0 aliphatic carbocycles. The fourth-order valence-electron chi connectivity index (χ4n) is 1.37. The standard InChI is InChI=1S/C11H10N2O5S/c14-9-6-7-10(15)12(9)13(19-17)11(16)18-8-4-2-1-3-5-8/h1-7,14-15,17H. The predicted molar refractivity (Wildman–Crippen MR) is 68.7 cm³/mol. The van der Waals surface area contributed by atoms with Gasteiger partial charge in [0.1, 0.15) is 18.0 Å². The van der Waals surface area contributed by atoms with E-state index in [1.165, 1.54) is 0 Å². The smallest absolute Gasteiger partial charge is 0.447 e. The van der Waals surface area contributed by atoms with Crippen molar-refractivity contribution in [3.63, 3.8) is 0 Å². The van der Waals surface area contributed by atoms with E-state index in [0.717, 1.165) is 12.1 Å². The van der Waals surface area contributed by atoms with Gasteiger partial charge in [-0.1, -0.05) is 18.2 Å². The Morgan fingerprint density at radius 2 is 1.68 bits per heavy atom. The number of aromatic hydroxyl groups is 2. The lowest BCUT2D eigenvalue weighted by Crippen LogP contribution is -2.35. The molecular weight excluding hydrogens is 272 g/mol. The predicted octanol–water partition coefficient (Wildman–Crippen LogP) is 2.16. The zero-order valence-corrected chi connectivity index (χ0v) is 10.3. The van der Waals surface area contributed by atoms with Crippen LogP contribution in [0, 0.1) is 0 Å². The Morgan fingerprint density at radius 3 is 2.21 bits per heavy atom. The molecule has 100 valence electrons. The molecule has 1 aromatic heterocycles. The van der Waals surface area contributed by atoms with Crippen LogP contribution in [-0.4, -0.2) is 25.5 Å². The molecule has 2 rings (SSSR count). The number of ether oxygens (including phenoxy) is 1. The molecule has 0 saturated carbocycles. The first-order chi connectivity index (χ1) is 9.13. The Morgan fingerprint density at radius 1 is 1.11 bits per heavy atom. The van der Waals surface area contributed by atoms with E-state index < -0.39 is 17.9 Å². The number of nitrogens with zero attached hydrogens (tertiary/aromatic N) is 2. The summed E-state index contributed by atoms with van der Waals surface area (Å²) in [5.74, 6) is -0.592. The second-order valence-electron chi connectivity index (χ2n) is 3.40. The maximum Gasteiger partial charge on any atom is 0.447 e. The van der Waals surface area contributed by atoms with Crippen molar-refractivity contribution < 1.29 is 24.3 Å². The van der Waals surface area contributed by atoms with Gasteiger partial charge >= 0.3 is 6.09 Å². The third-order valence-electron chi connectivity index (χ3n) is 2.18. The zero-order valence-electron chi connectivity index (χ0n) is 9.50. The molecule has 1 heterocycles. The number of rotatable bonds is 3. The highest BCUT2D eigenvalue weighted by atomic mass is 32.2. The topological polar surface area (TPSA) is 95.2 Å². The molecule has 0 atom stereocenters. The van der Waals surface area contributed by atoms with Crippen molar-refractivity contribution in [3.8, 4) is 17.5 Å². The highest BCUT2D eigenvalue weighted by Crippen LogP contribution is 2.25. The minimum Gasteiger partial charge on any atom is -0.493 e. The van der Waals surface area contributed by atoms with Gasteiger partial charge in [0, 0.05) is 12.1 Å². The lowest BCUT2D eigenvalue weighted by molar-refractivity contribution is 0.204. The van der Waals surface area contributed by atoms with Crippen LogP contribution in [0.4, 0.5) is 4.79 Å². The minimum atomic E-state index is -0.986. The maximum absolute atomic E-state index is 11.8. The summed E-state index contributed by atoms with van der Waals surface area (Å²) in [6.45, 7) is 0. The van der Waals surface area contributed by atoms with Crippen LogP contribution >= 0.6 is 12.2 Å². The van der Waals surface area contributed by atoms with Gasteiger partial charge in [0.05, 0.1) is 0 Å². The summed E-state index contributed by atoms with van der Waals surface area (Å²) < 4.78 is 15.3. The van der Waals surface area contributed by atoms with Gasteiger partial charge in [0.15, 0.2) is 0 Å². The second-order valence-corrected chi connectivity index (χ2v) is 3.91. The van der Waals surface area contributed by atoms with Crippen LogP contribution in [0.15, 0.2) is 42.5 Å². The van der Waals surface area contributed by atoms with E-state index in [0.29, 0.717) is 9.09 Å².